The first-order valence-electron chi connectivity index (χ1n) is 6.06. The molecule has 0 aliphatic carbocycles. The maximum Gasteiger partial charge on any atom is 0.220 e. The highest BCUT2D eigenvalue weighted by Gasteiger charge is 2.28. The van der Waals surface area contributed by atoms with Crippen molar-refractivity contribution in [3.05, 3.63) is 0 Å². The Balaban J connectivity index is 2.32. The Hall–Kier alpha value is -0.610. The van der Waals surface area contributed by atoms with E-state index in [1.807, 2.05) is 6.92 Å². The van der Waals surface area contributed by atoms with Crippen LogP contribution in [0.5, 0.6) is 0 Å². The van der Waals surface area contributed by atoms with Crippen molar-refractivity contribution in [2.75, 3.05) is 26.8 Å². The minimum absolute atomic E-state index is 0.0187. The normalized spacial score (nSPS) is 21.4. The summed E-state index contributed by atoms with van der Waals surface area (Å²) < 4.78 is 5.03. The van der Waals surface area contributed by atoms with Crippen LogP contribution in [0.15, 0.2) is 0 Å². The van der Waals surface area contributed by atoms with Gasteiger partial charge in [0.2, 0.25) is 5.91 Å². The van der Waals surface area contributed by atoms with Crippen LogP contribution in [0.25, 0.3) is 0 Å². The highest BCUT2D eigenvalue weighted by molar-refractivity contribution is 5.77. The standard InChI is InChI=1S/C12H24N2O2/c1-10(9-16-3)8-11(15)14-12(2)4-6-13-7-5-12/h10,13H,4-9H2,1-3H3,(H,14,15). The molecule has 0 aromatic carbocycles. The maximum atomic E-state index is 11.8. The number of piperidine rings is 1. The number of carbonyl (C=O) groups excluding carboxylic acids is 1. The number of nitrogens with one attached hydrogen (secondary N) is 2. The van der Waals surface area contributed by atoms with Gasteiger partial charge in [-0.15, -0.1) is 0 Å². The zero-order valence-corrected chi connectivity index (χ0v) is 10.6. The molecule has 1 amide bonds. The lowest BCUT2D eigenvalue weighted by Crippen LogP contribution is -2.52. The van der Waals surface area contributed by atoms with Gasteiger partial charge < -0.3 is 15.4 Å². The van der Waals surface area contributed by atoms with E-state index in [9.17, 15) is 4.79 Å². The van der Waals surface area contributed by atoms with Gasteiger partial charge in [-0.05, 0) is 38.8 Å². The summed E-state index contributed by atoms with van der Waals surface area (Å²) in [7, 11) is 1.67. The van der Waals surface area contributed by atoms with Crippen LogP contribution in [-0.2, 0) is 9.53 Å². The van der Waals surface area contributed by atoms with Crippen molar-refractivity contribution >= 4 is 5.91 Å². The molecular weight excluding hydrogens is 204 g/mol. The van der Waals surface area contributed by atoms with E-state index >= 15 is 0 Å². The van der Waals surface area contributed by atoms with Crippen LogP contribution in [0.3, 0.4) is 0 Å². The Kier molecular flexibility index (Phi) is 5.22. The van der Waals surface area contributed by atoms with Gasteiger partial charge in [0.25, 0.3) is 0 Å². The van der Waals surface area contributed by atoms with Crippen molar-refractivity contribution in [3.63, 3.8) is 0 Å². The molecule has 1 unspecified atom stereocenters. The second kappa shape index (κ2) is 6.21. The molecule has 94 valence electrons. The lowest BCUT2D eigenvalue weighted by molar-refractivity contribution is -0.124. The van der Waals surface area contributed by atoms with Crippen LogP contribution in [0.2, 0.25) is 0 Å². The molecule has 1 aliphatic heterocycles. The van der Waals surface area contributed by atoms with Gasteiger partial charge in [-0.2, -0.15) is 0 Å². The third kappa shape index (κ3) is 4.49. The molecule has 0 aromatic rings. The second-order valence-electron chi connectivity index (χ2n) is 5.12. The van der Waals surface area contributed by atoms with Crippen molar-refractivity contribution in [2.45, 2.75) is 38.6 Å². The second-order valence-corrected chi connectivity index (χ2v) is 5.12. The third-order valence-electron chi connectivity index (χ3n) is 3.13. The molecular formula is C12H24N2O2. The van der Waals surface area contributed by atoms with Crippen molar-refractivity contribution in [3.8, 4) is 0 Å². The minimum atomic E-state index is -0.0187. The third-order valence-corrected chi connectivity index (χ3v) is 3.13. The van der Waals surface area contributed by atoms with Gasteiger partial charge in [0.1, 0.15) is 0 Å². The van der Waals surface area contributed by atoms with Crippen LogP contribution in [0.1, 0.15) is 33.1 Å². The predicted octanol–water partition coefficient (Wildman–Crippen LogP) is 0.917. The first kappa shape index (κ1) is 13.5. The molecule has 0 aromatic heterocycles. The summed E-state index contributed by atoms with van der Waals surface area (Å²) >= 11 is 0. The minimum Gasteiger partial charge on any atom is -0.384 e. The monoisotopic (exact) mass is 228 g/mol. The quantitative estimate of drug-likeness (QED) is 0.735. The van der Waals surface area contributed by atoms with Crippen molar-refractivity contribution in [2.24, 2.45) is 5.92 Å². The number of rotatable bonds is 5. The molecule has 0 bridgehead atoms. The highest BCUT2D eigenvalue weighted by Crippen LogP contribution is 2.17. The van der Waals surface area contributed by atoms with E-state index in [0.29, 0.717) is 13.0 Å². The lowest BCUT2D eigenvalue weighted by Gasteiger charge is -2.35. The number of hydrogen-bond donors (Lipinski definition) is 2. The Bertz CT molecular complexity index is 225. The zero-order valence-electron chi connectivity index (χ0n) is 10.6. The summed E-state index contributed by atoms with van der Waals surface area (Å²) in [5.74, 6) is 0.435. The zero-order chi connectivity index (χ0) is 12.0. The van der Waals surface area contributed by atoms with Crippen LogP contribution in [0, 0.1) is 5.92 Å². The smallest absolute Gasteiger partial charge is 0.220 e. The van der Waals surface area contributed by atoms with E-state index < -0.39 is 0 Å². The number of methoxy groups -OCH3 is 1. The van der Waals surface area contributed by atoms with E-state index in [1.54, 1.807) is 7.11 Å². The van der Waals surface area contributed by atoms with Crippen molar-refractivity contribution in [1.82, 2.24) is 10.6 Å². The Morgan fingerprint density at radius 3 is 2.69 bits per heavy atom. The van der Waals surface area contributed by atoms with Gasteiger partial charge >= 0.3 is 0 Å². The number of carbonyl (C=O) groups is 1. The molecule has 1 rings (SSSR count). The summed E-state index contributed by atoms with van der Waals surface area (Å²) in [5, 5.41) is 6.45. The predicted molar refractivity (Wildman–Crippen MR) is 64.3 cm³/mol. The van der Waals surface area contributed by atoms with E-state index in [4.69, 9.17) is 4.74 Å². The molecule has 4 heteroatoms. The van der Waals surface area contributed by atoms with E-state index in [1.165, 1.54) is 0 Å². The lowest BCUT2D eigenvalue weighted by atomic mass is 9.90. The van der Waals surface area contributed by atoms with Gasteiger partial charge in [-0.1, -0.05) is 6.92 Å². The largest absolute Gasteiger partial charge is 0.384 e. The Morgan fingerprint density at radius 2 is 2.12 bits per heavy atom. The molecule has 1 fully saturated rings. The average Bonchev–Trinajstić information content (AvgIpc) is 2.17. The van der Waals surface area contributed by atoms with Gasteiger partial charge in [-0.3, -0.25) is 4.79 Å². The first-order chi connectivity index (χ1) is 7.56. The van der Waals surface area contributed by atoms with Gasteiger partial charge in [-0.25, -0.2) is 0 Å². The fourth-order valence-corrected chi connectivity index (χ4v) is 2.15. The molecule has 4 nitrogen and oxygen atoms in total. The van der Waals surface area contributed by atoms with E-state index in [0.717, 1.165) is 25.9 Å². The fraction of sp³-hybridized carbons (Fsp3) is 0.917. The summed E-state index contributed by atoms with van der Waals surface area (Å²) in [6.07, 6.45) is 2.58. The van der Waals surface area contributed by atoms with Crippen molar-refractivity contribution < 1.29 is 9.53 Å². The Labute approximate surface area is 98.1 Å². The van der Waals surface area contributed by atoms with E-state index in [-0.39, 0.29) is 17.4 Å². The van der Waals surface area contributed by atoms with Gasteiger partial charge in [0.05, 0.1) is 0 Å². The van der Waals surface area contributed by atoms with Gasteiger partial charge in [0, 0.05) is 25.7 Å². The van der Waals surface area contributed by atoms with Crippen molar-refractivity contribution in [1.29, 1.82) is 0 Å². The molecule has 0 radical (unpaired) electrons. The molecule has 1 saturated heterocycles. The number of ether oxygens (including phenoxy) is 1. The summed E-state index contributed by atoms with van der Waals surface area (Å²) in [6.45, 7) is 6.79. The van der Waals surface area contributed by atoms with Crippen LogP contribution < -0.4 is 10.6 Å². The Morgan fingerprint density at radius 1 is 1.50 bits per heavy atom. The highest BCUT2D eigenvalue weighted by atomic mass is 16.5. The molecule has 16 heavy (non-hydrogen) atoms. The van der Waals surface area contributed by atoms with E-state index in [2.05, 4.69) is 17.6 Å². The number of hydrogen-bond acceptors (Lipinski definition) is 3. The molecule has 1 aliphatic rings. The SMILES string of the molecule is COCC(C)CC(=O)NC1(C)CCNCC1. The van der Waals surface area contributed by atoms with Crippen LogP contribution in [0.4, 0.5) is 0 Å². The molecule has 0 saturated carbocycles. The molecule has 0 spiro atoms. The molecule has 2 N–H and O–H groups in total. The molecule has 1 heterocycles. The van der Waals surface area contributed by atoms with Gasteiger partial charge in [0.15, 0.2) is 0 Å². The summed E-state index contributed by atoms with van der Waals surface area (Å²) in [6, 6.07) is 0. The average molecular weight is 228 g/mol. The topological polar surface area (TPSA) is 50.4 Å². The van der Waals surface area contributed by atoms with Crippen LogP contribution in [-0.4, -0.2) is 38.3 Å². The summed E-state index contributed by atoms with van der Waals surface area (Å²) in [5.41, 5.74) is -0.0187. The first-order valence-corrected chi connectivity index (χ1v) is 6.06. The summed E-state index contributed by atoms with van der Waals surface area (Å²) in [4.78, 5) is 11.8. The molecule has 1 atom stereocenters. The van der Waals surface area contributed by atoms with Crippen LogP contribution >= 0.6 is 0 Å². The number of amides is 1. The maximum absolute atomic E-state index is 11.8. The fourth-order valence-electron chi connectivity index (χ4n) is 2.15.